The van der Waals surface area contributed by atoms with E-state index in [1.807, 2.05) is 6.20 Å². The molecule has 4 nitrogen and oxygen atoms in total. The van der Waals surface area contributed by atoms with Gasteiger partial charge in [0, 0.05) is 23.8 Å². The highest BCUT2D eigenvalue weighted by Gasteiger charge is 2.13. The summed E-state index contributed by atoms with van der Waals surface area (Å²) >= 11 is 2.18. The summed E-state index contributed by atoms with van der Waals surface area (Å²) in [7, 11) is 0. The van der Waals surface area contributed by atoms with Crippen molar-refractivity contribution in [3.05, 3.63) is 39.6 Å². The van der Waals surface area contributed by atoms with Crippen LogP contribution in [0.5, 0.6) is 0 Å². The number of nitrogens with one attached hydrogen (secondary N) is 1. The third-order valence-electron chi connectivity index (χ3n) is 2.49. The van der Waals surface area contributed by atoms with Gasteiger partial charge in [0.15, 0.2) is 5.82 Å². The standard InChI is InChI=1S/C13H16FIN4/c1-13(2,3)17-5-9-4-10(14)6-16-12(9)19-8-11(15)7-18-19/h4,6-8,17H,5H2,1-3H3. The molecule has 2 rings (SSSR count). The Hall–Kier alpha value is -1.02. The highest BCUT2D eigenvalue weighted by molar-refractivity contribution is 14.1. The van der Waals surface area contributed by atoms with Gasteiger partial charge in [0.1, 0.15) is 5.82 Å². The average Bonchev–Trinajstić information content (AvgIpc) is 2.72. The predicted octanol–water partition coefficient (Wildman–Crippen LogP) is 2.90. The molecule has 0 aliphatic carbocycles. The summed E-state index contributed by atoms with van der Waals surface area (Å²) < 4.78 is 16.0. The van der Waals surface area contributed by atoms with E-state index in [2.05, 4.69) is 58.8 Å². The van der Waals surface area contributed by atoms with E-state index in [1.165, 1.54) is 12.3 Å². The minimum atomic E-state index is -0.337. The Balaban J connectivity index is 2.33. The summed E-state index contributed by atoms with van der Waals surface area (Å²) in [5, 5.41) is 7.55. The summed E-state index contributed by atoms with van der Waals surface area (Å²) in [6.45, 7) is 6.74. The molecular weight excluding hydrogens is 358 g/mol. The van der Waals surface area contributed by atoms with Crippen molar-refractivity contribution >= 4 is 22.6 Å². The molecule has 0 fully saturated rings. The molecule has 0 bridgehead atoms. The third kappa shape index (κ3) is 3.97. The molecule has 0 atom stereocenters. The first-order valence-electron chi connectivity index (χ1n) is 5.95. The van der Waals surface area contributed by atoms with Crippen molar-refractivity contribution in [2.45, 2.75) is 32.9 Å². The van der Waals surface area contributed by atoms with Crippen molar-refractivity contribution in [1.29, 1.82) is 0 Å². The lowest BCUT2D eigenvalue weighted by molar-refractivity contribution is 0.422. The largest absolute Gasteiger partial charge is 0.308 e. The number of hydrogen-bond donors (Lipinski definition) is 1. The fourth-order valence-electron chi connectivity index (χ4n) is 1.59. The zero-order chi connectivity index (χ0) is 14.0. The topological polar surface area (TPSA) is 42.7 Å². The van der Waals surface area contributed by atoms with Crippen molar-refractivity contribution in [3.8, 4) is 5.82 Å². The maximum absolute atomic E-state index is 13.4. The normalized spacial score (nSPS) is 11.8. The van der Waals surface area contributed by atoms with E-state index >= 15 is 0 Å². The van der Waals surface area contributed by atoms with Gasteiger partial charge in [0.2, 0.25) is 0 Å². The average molecular weight is 374 g/mol. The van der Waals surface area contributed by atoms with Crippen LogP contribution < -0.4 is 5.32 Å². The van der Waals surface area contributed by atoms with Gasteiger partial charge in [-0.05, 0) is 49.4 Å². The summed E-state index contributed by atoms with van der Waals surface area (Å²) in [5.41, 5.74) is 0.747. The van der Waals surface area contributed by atoms with Crippen LogP contribution >= 0.6 is 22.6 Å². The second-order valence-corrected chi connectivity index (χ2v) is 6.59. The molecular formula is C13H16FIN4. The summed E-state index contributed by atoms with van der Waals surface area (Å²) in [5.74, 6) is 0.317. The molecule has 0 radical (unpaired) electrons. The highest BCUT2D eigenvalue weighted by atomic mass is 127. The van der Waals surface area contributed by atoms with Gasteiger partial charge >= 0.3 is 0 Å². The molecule has 0 aromatic carbocycles. The lowest BCUT2D eigenvalue weighted by Crippen LogP contribution is -2.35. The second kappa shape index (κ2) is 5.54. The van der Waals surface area contributed by atoms with Gasteiger partial charge in [-0.1, -0.05) is 0 Å². The SMILES string of the molecule is CC(C)(C)NCc1cc(F)cnc1-n1cc(I)cn1. The Morgan fingerprint density at radius 1 is 1.37 bits per heavy atom. The Kier molecular flexibility index (Phi) is 4.19. The van der Waals surface area contributed by atoms with E-state index in [0.717, 1.165) is 9.13 Å². The molecule has 102 valence electrons. The first kappa shape index (κ1) is 14.4. The Labute approximate surface area is 125 Å². The van der Waals surface area contributed by atoms with E-state index in [4.69, 9.17) is 0 Å². The van der Waals surface area contributed by atoms with Gasteiger partial charge in [0.05, 0.1) is 16.0 Å². The van der Waals surface area contributed by atoms with Crippen molar-refractivity contribution in [2.24, 2.45) is 0 Å². The number of halogens is 2. The molecule has 0 spiro atoms. The summed E-state index contributed by atoms with van der Waals surface area (Å²) in [6, 6.07) is 1.50. The smallest absolute Gasteiger partial charge is 0.158 e. The van der Waals surface area contributed by atoms with Crippen LogP contribution in [0.2, 0.25) is 0 Å². The molecule has 0 aliphatic rings. The quantitative estimate of drug-likeness (QED) is 0.841. The molecule has 0 aliphatic heterocycles. The number of aromatic nitrogens is 3. The van der Waals surface area contributed by atoms with Gasteiger partial charge in [0.25, 0.3) is 0 Å². The van der Waals surface area contributed by atoms with E-state index in [0.29, 0.717) is 12.4 Å². The fraction of sp³-hybridized carbons (Fsp3) is 0.385. The van der Waals surface area contributed by atoms with E-state index < -0.39 is 0 Å². The van der Waals surface area contributed by atoms with E-state index in [1.54, 1.807) is 10.9 Å². The zero-order valence-corrected chi connectivity index (χ0v) is 13.3. The summed E-state index contributed by atoms with van der Waals surface area (Å²) in [6.07, 6.45) is 4.82. The number of rotatable bonds is 3. The number of hydrogen-bond acceptors (Lipinski definition) is 3. The lowest BCUT2D eigenvalue weighted by Gasteiger charge is -2.21. The molecule has 19 heavy (non-hydrogen) atoms. The van der Waals surface area contributed by atoms with Gasteiger partial charge < -0.3 is 5.32 Å². The van der Waals surface area contributed by atoms with Gasteiger partial charge in [-0.25, -0.2) is 14.1 Å². The molecule has 1 N–H and O–H groups in total. The molecule has 2 heterocycles. The van der Waals surface area contributed by atoms with Crippen molar-refractivity contribution in [2.75, 3.05) is 0 Å². The Bertz CT molecular complexity index is 574. The molecule has 6 heteroatoms. The van der Waals surface area contributed by atoms with Gasteiger partial charge in [-0.15, -0.1) is 0 Å². The lowest BCUT2D eigenvalue weighted by atomic mass is 10.1. The first-order valence-corrected chi connectivity index (χ1v) is 7.03. The molecule has 2 aromatic heterocycles. The summed E-state index contributed by atoms with van der Waals surface area (Å²) in [4.78, 5) is 4.14. The number of nitrogens with zero attached hydrogens (tertiary/aromatic N) is 3. The van der Waals surface area contributed by atoms with Crippen LogP contribution in [0, 0.1) is 9.39 Å². The molecule has 0 unspecified atom stereocenters. The zero-order valence-electron chi connectivity index (χ0n) is 11.1. The minimum Gasteiger partial charge on any atom is -0.308 e. The minimum absolute atomic E-state index is 0.0396. The van der Waals surface area contributed by atoms with Crippen LogP contribution in [0.15, 0.2) is 24.7 Å². The van der Waals surface area contributed by atoms with Crippen LogP contribution in [0.4, 0.5) is 4.39 Å². The van der Waals surface area contributed by atoms with Crippen LogP contribution in [0.3, 0.4) is 0 Å². The fourth-order valence-corrected chi connectivity index (χ4v) is 1.98. The highest BCUT2D eigenvalue weighted by Crippen LogP contribution is 2.15. The van der Waals surface area contributed by atoms with Gasteiger partial charge in [-0.2, -0.15) is 5.10 Å². The first-order chi connectivity index (χ1) is 8.85. The van der Waals surface area contributed by atoms with Crippen LogP contribution in [-0.4, -0.2) is 20.3 Å². The predicted molar refractivity (Wildman–Crippen MR) is 80.6 cm³/mol. The van der Waals surface area contributed by atoms with Crippen LogP contribution in [-0.2, 0) is 6.54 Å². The van der Waals surface area contributed by atoms with E-state index in [9.17, 15) is 4.39 Å². The van der Waals surface area contributed by atoms with E-state index in [-0.39, 0.29) is 11.4 Å². The molecule has 0 saturated heterocycles. The Morgan fingerprint density at radius 3 is 2.68 bits per heavy atom. The second-order valence-electron chi connectivity index (χ2n) is 5.34. The maximum atomic E-state index is 13.4. The van der Waals surface area contributed by atoms with Crippen molar-refractivity contribution < 1.29 is 4.39 Å². The van der Waals surface area contributed by atoms with Crippen molar-refractivity contribution in [3.63, 3.8) is 0 Å². The molecule has 2 aromatic rings. The molecule has 0 amide bonds. The third-order valence-corrected chi connectivity index (χ3v) is 3.04. The van der Waals surface area contributed by atoms with Crippen LogP contribution in [0.1, 0.15) is 26.3 Å². The number of pyridine rings is 1. The monoisotopic (exact) mass is 374 g/mol. The van der Waals surface area contributed by atoms with Crippen LogP contribution in [0.25, 0.3) is 5.82 Å². The van der Waals surface area contributed by atoms with Gasteiger partial charge in [-0.3, -0.25) is 0 Å². The molecule has 0 saturated carbocycles. The Morgan fingerprint density at radius 2 is 2.11 bits per heavy atom. The maximum Gasteiger partial charge on any atom is 0.158 e. The van der Waals surface area contributed by atoms with Crippen molar-refractivity contribution in [1.82, 2.24) is 20.1 Å².